The van der Waals surface area contributed by atoms with Gasteiger partial charge in [0.25, 0.3) is 0 Å². The van der Waals surface area contributed by atoms with Crippen molar-refractivity contribution in [1.82, 2.24) is 20.5 Å². The van der Waals surface area contributed by atoms with Crippen LogP contribution in [0.15, 0.2) is 28.6 Å². The van der Waals surface area contributed by atoms with E-state index < -0.39 is 0 Å². The van der Waals surface area contributed by atoms with Gasteiger partial charge in [-0.05, 0) is 71.2 Å². The molecule has 0 radical (unpaired) electrons. The van der Waals surface area contributed by atoms with Crippen LogP contribution in [0, 0.1) is 19.8 Å². The number of nitrogens with one attached hydrogen (secondary N) is 2. The number of hydrogen-bond acceptors (Lipinski definition) is 5. The number of halogens is 1. The van der Waals surface area contributed by atoms with E-state index in [-0.39, 0.29) is 24.0 Å². The van der Waals surface area contributed by atoms with E-state index in [9.17, 15) is 0 Å². The van der Waals surface area contributed by atoms with Crippen molar-refractivity contribution in [2.24, 2.45) is 10.9 Å². The number of rotatable bonds is 9. The number of thiazole rings is 1. The summed E-state index contributed by atoms with van der Waals surface area (Å²) in [5.41, 5.74) is 3.54. The normalized spacial score (nSPS) is 15.3. The first-order chi connectivity index (χ1) is 15.1. The summed E-state index contributed by atoms with van der Waals surface area (Å²) in [4.78, 5) is 11.9. The van der Waals surface area contributed by atoms with E-state index >= 15 is 0 Å². The Morgan fingerprint density at radius 1 is 1.22 bits per heavy atom. The Kier molecular flexibility index (Phi) is 11.7. The van der Waals surface area contributed by atoms with Gasteiger partial charge >= 0.3 is 0 Å². The molecule has 0 aliphatic carbocycles. The molecule has 6 nitrogen and oxygen atoms in total. The van der Waals surface area contributed by atoms with Crippen LogP contribution in [0.5, 0.6) is 5.75 Å². The van der Waals surface area contributed by atoms with Crippen molar-refractivity contribution < 1.29 is 4.74 Å². The third kappa shape index (κ3) is 8.51. The van der Waals surface area contributed by atoms with Crippen molar-refractivity contribution in [2.45, 2.75) is 53.6 Å². The maximum absolute atomic E-state index is 5.80. The Balaban J connectivity index is 0.00000363. The number of guanidine groups is 1. The summed E-state index contributed by atoms with van der Waals surface area (Å²) < 4.78 is 5.80. The molecule has 0 spiro atoms. The van der Waals surface area contributed by atoms with Crippen molar-refractivity contribution in [1.29, 1.82) is 0 Å². The highest BCUT2D eigenvalue weighted by Crippen LogP contribution is 2.22. The summed E-state index contributed by atoms with van der Waals surface area (Å²) >= 11 is 1.74. The van der Waals surface area contributed by atoms with Crippen LogP contribution in [-0.2, 0) is 13.1 Å². The smallest absolute Gasteiger partial charge is 0.191 e. The van der Waals surface area contributed by atoms with Crippen LogP contribution in [-0.4, -0.2) is 48.6 Å². The van der Waals surface area contributed by atoms with Gasteiger partial charge in [0.1, 0.15) is 5.75 Å². The summed E-state index contributed by atoms with van der Waals surface area (Å²) in [6.45, 7) is 14.6. The molecule has 2 heterocycles. The van der Waals surface area contributed by atoms with Gasteiger partial charge in [-0.15, -0.1) is 35.3 Å². The van der Waals surface area contributed by atoms with E-state index in [0.29, 0.717) is 19.1 Å². The van der Waals surface area contributed by atoms with Crippen molar-refractivity contribution in [2.75, 3.05) is 32.8 Å². The third-order valence-electron chi connectivity index (χ3n) is 5.59. The third-order valence-corrected chi connectivity index (χ3v) is 6.41. The first-order valence-corrected chi connectivity index (χ1v) is 12.3. The summed E-state index contributed by atoms with van der Waals surface area (Å²) in [6, 6.07) is 6.33. The van der Waals surface area contributed by atoms with Crippen molar-refractivity contribution >= 4 is 41.3 Å². The molecule has 0 saturated carbocycles. The molecule has 0 unspecified atom stereocenters. The molecule has 0 atom stereocenters. The molecule has 3 rings (SSSR count). The molecule has 8 heteroatoms. The molecule has 1 aliphatic heterocycles. The number of likely N-dealkylation sites (tertiary alicyclic amines) is 1. The van der Waals surface area contributed by atoms with Crippen LogP contribution in [0.1, 0.15) is 48.5 Å². The largest absolute Gasteiger partial charge is 0.494 e. The fraction of sp³-hybridized carbons (Fsp3) is 0.583. The van der Waals surface area contributed by atoms with E-state index in [1.807, 2.05) is 6.92 Å². The molecule has 1 fully saturated rings. The van der Waals surface area contributed by atoms with Gasteiger partial charge in [0.2, 0.25) is 0 Å². The Morgan fingerprint density at radius 2 is 2.00 bits per heavy atom. The van der Waals surface area contributed by atoms with Crippen molar-refractivity contribution in [3.05, 3.63) is 45.4 Å². The van der Waals surface area contributed by atoms with Crippen LogP contribution in [0.3, 0.4) is 0 Å². The minimum Gasteiger partial charge on any atom is -0.494 e. The maximum atomic E-state index is 5.80. The molecule has 2 aromatic rings. The second kappa shape index (κ2) is 14.0. The fourth-order valence-electron chi connectivity index (χ4n) is 3.89. The van der Waals surface area contributed by atoms with Crippen LogP contribution in [0.25, 0.3) is 0 Å². The fourth-order valence-corrected chi connectivity index (χ4v) is 4.49. The second-order valence-electron chi connectivity index (χ2n) is 8.20. The highest BCUT2D eigenvalue weighted by molar-refractivity contribution is 14.0. The van der Waals surface area contributed by atoms with E-state index in [1.54, 1.807) is 11.3 Å². The number of benzene rings is 1. The second-order valence-corrected chi connectivity index (χ2v) is 9.26. The van der Waals surface area contributed by atoms with Crippen LogP contribution in [0.4, 0.5) is 0 Å². The lowest BCUT2D eigenvalue weighted by atomic mass is 9.97. The summed E-state index contributed by atoms with van der Waals surface area (Å²) in [5, 5.41) is 10.3. The van der Waals surface area contributed by atoms with Gasteiger partial charge in [-0.25, -0.2) is 9.98 Å². The quantitative estimate of drug-likeness (QED) is 0.259. The number of nitrogens with zero attached hydrogens (tertiary/aromatic N) is 3. The predicted octanol–water partition coefficient (Wildman–Crippen LogP) is 4.74. The van der Waals surface area contributed by atoms with Gasteiger partial charge < -0.3 is 15.4 Å². The topological polar surface area (TPSA) is 61.8 Å². The molecule has 178 valence electrons. The summed E-state index contributed by atoms with van der Waals surface area (Å²) in [5.74, 6) is 2.49. The lowest BCUT2D eigenvalue weighted by Gasteiger charge is -2.31. The lowest BCUT2D eigenvalue weighted by molar-refractivity contribution is 0.176. The summed E-state index contributed by atoms with van der Waals surface area (Å²) in [7, 11) is 0. The maximum Gasteiger partial charge on any atom is 0.191 e. The minimum atomic E-state index is 0. The van der Waals surface area contributed by atoms with Crippen LogP contribution in [0.2, 0.25) is 0 Å². The molecular weight excluding hydrogens is 533 g/mol. The molecule has 1 aromatic carbocycles. The first kappa shape index (κ1) is 26.9. The van der Waals surface area contributed by atoms with Gasteiger partial charge in [0.05, 0.1) is 23.9 Å². The monoisotopic (exact) mass is 571 g/mol. The lowest BCUT2D eigenvalue weighted by Crippen LogP contribution is -2.42. The molecular formula is C24H38IN5OS. The molecule has 1 saturated heterocycles. The average molecular weight is 572 g/mol. The van der Waals surface area contributed by atoms with E-state index in [0.717, 1.165) is 55.0 Å². The van der Waals surface area contributed by atoms with Gasteiger partial charge in [0.15, 0.2) is 5.96 Å². The average Bonchev–Trinajstić information content (AvgIpc) is 3.17. The SMILES string of the molecule is CCNC(=NCc1ccc(C)cc1OCC)NCC1CCN(Cc2csc(C)n2)CC1.I. The number of piperidine rings is 1. The van der Waals surface area contributed by atoms with Gasteiger partial charge in [-0.3, -0.25) is 4.90 Å². The number of ether oxygens (including phenoxy) is 1. The molecule has 0 bridgehead atoms. The van der Waals surface area contributed by atoms with Crippen molar-refractivity contribution in [3.63, 3.8) is 0 Å². The van der Waals surface area contributed by atoms with Crippen LogP contribution >= 0.6 is 35.3 Å². The summed E-state index contributed by atoms with van der Waals surface area (Å²) in [6.07, 6.45) is 2.42. The van der Waals surface area contributed by atoms with E-state index in [4.69, 9.17) is 9.73 Å². The van der Waals surface area contributed by atoms with E-state index in [1.165, 1.54) is 24.1 Å². The van der Waals surface area contributed by atoms with Gasteiger partial charge in [-0.2, -0.15) is 0 Å². The molecule has 32 heavy (non-hydrogen) atoms. The Labute approximate surface area is 214 Å². The number of aromatic nitrogens is 1. The van der Waals surface area contributed by atoms with Gasteiger partial charge in [0, 0.05) is 30.6 Å². The Morgan fingerprint density at radius 3 is 2.66 bits per heavy atom. The van der Waals surface area contributed by atoms with Crippen LogP contribution < -0.4 is 15.4 Å². The number of aryl methyl sites for hydroxylation is 2. The standard InChI is InChI=1S/C24H37N5OS.HI/c1-5-25-24(27-15-21-8-7-18(3)13-23(21)30-6-2)26-14-20-9-11-29(12-10-20)16-22-17-31-19(4)28-22;/h7-8,13,17,20H,5-6,9-12,14-16H2,1-4H3,(H2,25,26,27);1H. The molecule has 0 amide bonds. The highest BCUT2D eigenvalue weighted by Gasteiger charge is 2.20. The highest BCUT2D eigenvalue weighted by atomic mass is 127. The van der Waals surface area contributed by atoms with Crippen molar-refractivity contribution in [3.8, 4) is 5.75 Å². The first-order valence-electron chi connectivity index (χ1n) is 11.4. The van der Waals surface area contributed by atoms with Gasteiger partial charge in [-0.1, -0.05) is 12.1 Å². The minimum absolute atomic E-state index is 0. The zero-order valence-corrected chi connectivity index (χ0v) is 23.0. The predicted molar refractivity (Wildman–Crippen MR) is 145 cm³/mol. The molecule has 1 aliphatic rings. The Bertz CT molecular complexity index is 849. The Hall–Kier alpha value is -1.39. The molecule has 2 N–H and O–H groups in total. The number of aliphatic imine (C=N–C) groups is 1. The zero-order valence-electron chi connectivity index (χ0n) is 19.8. The number of hydrogen-bond donors (Lipinski definition) is 2. The zero-order chi connectivity index (χ0) is 22.1. The molecule has 1 aromatic heterocycles. The van der Waals surface area contributed by atoms with E-state index in [2.05, 4.69) is 64.9 Å².